The largest absolute Gasteiger partial charge is 0.325 e. The summed E-state index contributed by atoms with van der Waals surface area (Å²) in [5, 5.41) is 3.58. The van der Waals surface area contributed by atoms with E-state index in [2.05, 4.69) is 26.8 Å². The molecular weight excluding hydrogens is 374 g/mol. The molecule has 0 spiro atoms. The van der Waals surface area contributed by atoms with E-state index in [4.69, 9.17) is 4.98 Å². The number of nitrogens with one attached hydrogen (secondary N) is 3. The lowest BCUT2D eigenvalue weighted by Gasteiger charge is -2.18. The van der Waals surface area contributed by atoms with Crippen molar-refractivity contribution in [2.75, 3.05) is 5.32 Å². The lowest BCUT2D eigenvalue weighted by atomic mass is 10.2. The quantitative estimate of drug-likeness (QED) is 0.567. The molecule has 1 amide bonds. The number of H-pyrrole nitrogens is 2. The lowest BCUT2D eigenvalue weighted by molar-refractivity contribution is -0.115. The highest BCUT2D eigenvalue weighted by Gasteiger charge is 2.25. The fourth-order valence-corrected chi connectivity index (χ4v) is 4.91. The first-order valence-corrected chi connectivity index (χ1v) is 10.6. The van der Waals surface area contributed by atoms with Crippen molar-refractivity contribution in [1.82, 2.24) is 19.5 Å². The predicted molar refractivity (Wildman–Crippen MR) is 112 cm³/mol. The molecule has 3 aromatic rings. The number of carbonyl (C=O) groups excluding carboxylic acids is 1. The minimum Gasteiger partial charge on any atom is -0.325 e. The number of amides is 1. The van der Waals surface area contributed by atoms with Crippen molar-refractivity contribution in [2.45, 2.75) is 62.9 Å². The third-order valence-corrected chi connectivity index (χ3v) is 6.55. The van der Waals surface area contributed by atoms with E-state index >= 15 is 0 Å². The highest BCUT2D eigenvalue weighted by Crippen LogP contribution is 2.36. The summed E-state index contributed by atoms with van der Waals surface area (Å²) in [5.41, 5.74) is 4.02. The van der Waals surface area contributed by atoms with E-state index in [-0.39, 0.29) is 16.8 Å². The first kappa shape index (κ1) is 18.9. The molecule has 1 aromatic carbocycles. The van der Waals surface area contributed by atoms with Crippen LogP contribution in [0.4, 0.5) is 5.69 Å². The summed E-state index contributed by atoms with van der Waals surface area (Å²) >= 11 is 1.50. The molecule has 1 fully saturated rings. The highest BCUT2D eigenvalue weighted by atomic mass is 32.2. The minimum absolute atomic E-state index is 0.0847. The molecule has 148 valence electrons. The van der Waals surface area contributed by atoms with E-state index in [0.717, 1.165) is 16.4 Å². The van der Waals surface area contributed by atoms with Crippen molar-refractivity contribution in [1.29, 1.82) is 0 Å². The Bertz CT molecular complexity index is 1070. The number of anilines is 1. The molecule has 1 atom stereocenters. The summed E-state index contributed by atoms with van der Waals surface area (Å²) < 4.78 is 2.33. The Morgan fingerprint density at radius 1 is 1.25 bits per heavy atom. The van der Waals surface area contributed by atoms with Crippen molar-refractivity contribution in [3.05, 3.63) is 40.1 Å². The Morgan fingerprint density at radius 3 is 2.71 bits per heavy atom. The van der Waals surface area contributed by atoms with Gasteiger partial charge in [0.1, 0.15) is 0 Å². The van der Waals surface area contributed by atoms with Gasteiger partial charge in [0.15, 0.2) is 5.16 Å². The number of rotatable bonds is 5. The van der Waals surface area contributed by atoms with Crippen LogP contribution in [-0.2, 0) is 4.79 Å². The zero-order valence-electron chi connectivity index (χ0n) is 16.3. The van der Waals surface area contributed by atoms with Crippen molar-refractivity contribution in [3.63, 3.8) is 0 Å². The van der Waals surface area contributed by atoms with Crippen molar-refractivity contribution in [2.24, 2.45) is 0 Å². The maximum absolute atomic E-state index is 12.7. The smallest absolute Gasteiger partial charge is 0.323 e. The number of benzene rings is 1. The average molecular weight is 400 g/mol. The molecule has 1 aliphatic rings. The van der Waals surface area contributed by atoms with Crippen LogP contribution in [0.15, 0.2) is 28.2 Å². The van der Waals surface area contributed by atoms with Gasteiger partial charge in [-0.3, -0.25) is 4.79 Å². The fraction of sp³-hybridized carbons (Fsp3) is 0.450. The van der Waals surface area contributed by atoms with Crippen LogP contribution in [0.5, 0.6) is 0 Å². The average Bonchev–Trinajstić information content (AvgIpc) is 3.35. The first-order valence-electron chi connectivity index (χ1n) is 9.67. The second kappa shape index (κ2) is 7.50. The molecule has 8 heteroatoms. The Hall–Kier alpha value is -2.48. The van der Waals surface area contributed by atoms with Gasteiger partial charge in [-0.05, 0) is 51.8 Å². The fourth-order valence-electron chi connectivity index (χ4n) is 3.84. The number of aromatic amines is 2. The van der Waals surface area contributed by atoms with Gasteiger partial charge in [0.25, 0.3) is 0 Å². The number of carbonyl (C=O) groups is 1. The minimum atomic E-state index is -0.290. The van der Waals surface area contributed by atoms with Gasteiger partial charge in [-0.2, -0.15) is 0 Å². The van der Waals surface area contributed by atoms with Crippen LogP contribution in [0.1, 0.15) is 50.0 Å². The molecule has 2 aromatic heterocycles. The second-order valence-corrected chi connectivity index (χ2v) is 8.77. The maximum atomic E-state index is 12.7. The lowest BCUT2D eigenvalue weighted by Crippen LogP contribution is -2.23. The molecule has 4 rings (SSSR count). The molecule has 0 aliphatic heterocycles. The van der Waals surface area contributed by atoms with Crippen LogP contribution in [0.25, 0.3) is 11.0 Å². The van der Waals surface area contributed by atoms with Gasteiger partial charge in [0.05, 0.1) is 22.0 Å². The van der Waals surface area contributed by atoms with Crippen LogP contribution in [0.3, 0.4) is 0 Å². The van der Waals surface area contributed by atoms with E-state index in [9.17, 15) is 9.59 Å². The van der Waals surface area contributed by atoms with Crippen LogP contribution in [0, 0.1) is 13.8 Å². The van der Waals surface area contributed by atoms with Gasteiger partial charge < -0.3 is 19.9 Å². The van der Waals surface area contributed by atoms with E-state index < -0.39 is 0 Å². The molecule has 1 aliphatic carbocycles. The topological polar surface area (TPSA) is 95.6 Å². The number of imidazole rings is 2. The van der Waals surface area contributed by atoms with Gasteiger partial charge in [-0.25, -0.2) is 9.78 Å². The van der Waals surface area contributed by atoms with Crippen molar-refractivity contribution in [3.8, 4) is 0 Å². The molecule has 0 unspecified atom stereocenters. The molecule has 0 saturated heterocycles. The molecule has 0 bridgehead atoms. The number of hydrogen-bond acceptors (Lipinski definition) is 4. The molecule has 1 saturated carbocycles. The summed E-state index contributed by atoms with van der Waals surface area (Å²) in [6.07, 6.45) is 4.87. The van der Waals surface area contributed by atoms with E-state index in [0.29, 0.717) is 17.2 Å². The van der Waals surface area contributed by atoms with Crippen LogP contribution in [-0.4, -0.2) is 30.7 Å². The Kier molecular flexibility index (Phi) is 5.05. The van der Waals surface area contributed by atoms with E-state index in [1.165, 1.54) is 43.1 Å². The van der Waals surface area contributed by atoms with Crippen molar-refractivity contribution >= 4 is 34.4 Å². The van der Waals surface area contributed by atoms with Gasteiger partial charge in [-0.1, -0.05) is 24.6 Å². The monoisotopic (exact) mass is 399 g/mol. The number of aromatic nitrogens is 4. The third kappa shape index (κ3) is 3.61. The molecule has 0 radical (unpaired) electrons. The normalized spacial score (nSPS) is 16.0. The van der Waals surface area contributed by atoms with Gasteiger partial charge in [0.2, 0.25) is 5.91 Å². The highest BCUT2D eigenvalue weighted by molar-refractivity contribution is 8.00. The zero-order chi connectivity index (χ0) is 19.8. The summed E-state index contributed by atoms with van der Waals surface area (Å²) in [6.45, 7) is 6.04. The number of hydrogen-bond donors (Lipinski definition) is 3. The van der Waals surface area contributed by atoms with Gasteiger partial charge >= 0.3 is 5.69 Å². The Balaban J connectivity index is 1.49. The zero-order valence-corrected chi connectivity index (χ0v) is 17.2. The van der Waals surface area contributed by atoms with Gasteiger partial charge in [-0.15, -0.1) is 0 Å². The molecule has 3 N–H and O–H groups in total. The maximum Gasteiger partial charge on any atom is 0.323 e. The second-order valence-electron chi connectivity index (χ2n) is 7.46. The molecule has 7 nitrogen and oxygen atoms in total. The van der Waals surface area contributed by atoms with E-state index in [1.807, 2.05) is 13.8 Å². The Morgan fingerprint density at radius 2 is 1.96 bits per heavy atom. The Labute approximate surface area is 167 Å². The van der Waals surface area contributed by atoms with Crippen molar-refractivity contribution < 1.29 is 4.79 Å². The van der Waals surface area contributed by atoms with Gasteiger partial charge in [0, 0.05) is 17.4 Å². The summed E-state index contributed by atoms with van der Waals surface area (Å²) in [6, 6.07) is 5.82. The van der Waals surface area contributed by atoms with Crippen LogP contribution in [0.2, 0.25) is 0 Å². The van der Waals surface area contributed by atoms with Crippen LogP contribution >= 0.6 is 11.8 Å². The summed E-state index contributed by atoms with van der Waals surface area (Å²) in [4.78, 5) is 34.3. The molecule has 28 heavy (non-hydrogen) atoms. The number of thioether (sulfide) groups is 1. The predicted octanol–water partition coefficient (Wildman–Crippen LogP) is 3.90. The van der Waals surface area contributed by atoms with Crippen LogP contribution < -0.4 is 11.0 Å². The first-order chi connectivity index (χ1) is 13.4. The third-order valence-electron chi connectivity index (χ3n) is 5.48. The summed E-state index contributed by atoms with van der Waals surface area (Å²) in [7, 11) is 0. The SMILES string of the molecule is Cc1nc(S[C@H](C)C(=O)Nc2ccc3[nH]c(=O)[nH]c3c2)n(C2CCCC2)c1C. The summed E-state index contributed by atoms with van der Waals surface area (Å²) in [5.74, 6) is -0.0847. The standard InChI is InChI=1S/C20H25N5O2S/c1-11-12(2)25(15-6-4-5-7-15)20(21-11)28-13(3)18(26)22-14-8-9-16-17(10-14)24-19(27)23-16/h8-10,13,15H,4-7H2,1-3H3,(H,22,26)(H2,23,24,27)/t13-/m1/s1. The molecular formula is C20H25N5O2S. The number of aryl methyl sites for hydroxylation is 1. The van der Waals surface area contributed by atoms with E-state index in [1.54, 1.807) is 18.2 Å². The number of fused-ring (bicyclic) bond motifs is 1. The number of nitrogens with zero attached hydrogens (tertiary/aromatic N) is 2. The molecule has 2 heterocycles.